The number of carbonyl (C=O) groups is 2. The number of aryl methyl sites for hydroxylation is 2. The molecule has 0 aromatic heterocycles. The molecule has 2 N–H and O–H groups in total. The van der Waals surface area contributed by atoms with Gasteiger partial charge in [-0.1, -0.05) is 48.5 Å². The number of anilines is 2. The summed E-state index contributed by atoms with van der Waals surface area (Å²) >= 11 is 0. The van der Waals surface area contributed by atoms with E-state index in [-0.39, 0.29) is 18.4 Å². The van der Waals surface area contributed by atoms with Crippen LogP contribution in [-0.4, -0.2) is 18.4 Å². The van der Waals surface area contributed by atoms with Crippen molar-refractivity contribution < 1.29 is 19.1 Å². The molecule has 0 bridgehead atoms. The van der Waals surface area contributed by atoms with Crippen molar-refractivity contribution in [2.45, 2.75) is 20.0 Å². The molecule has 1 atom stereocenters. The van der Waals surface area contributed by atoms with Crippen molar-refractivity contribution in [1.29, 1.82) is 0 Å². The van der Waals surface area contributed by atoms with E-state index < -0.39 is 6.10 Å². The highest BCUT2D eigenvalue weighted by atomic mass is 16.5. The number of ether oxygens (including phenoxy) is 2. The second-order valence-electron chi connectivity index (χ2n) is 7.17. The van der Waals surface area contributed by atoms with Gasteiger partial charge in [0.05, 0.1) is 5.69 Å². The van der Waals surface area contributed by atoms with E-state index in [1.165, 1.54) is 0 Å². The number of hydrogen-bond donors (Lipinski definition) is 2. The van der Waals surface area contributed by atoms with Gasteiger partial charge in [0.2, 0.25) is 6.10 Å². The Balaban J connectivity index is 1.42. The Labute approximate surface area is 174 Å². The summed E-state index contributed by atoms with van der Waals surface area (Å²) in [6, 6.07) is 20.3. The summed E-state index contributed by atoms with van der Waals surface area (Å²) in [5.41, 5.74) is 3.79. The van der Waals surface area contributed by atoms with Crippen LogP contribution < -0.4 is 20.1 Å². The molecule has 0 aliphatic carbocycles. The summed E-state index contributed by atoms with van der Waals surface area (Å²) in [6.45, 7) is 3.77. The van der Waals surface area contributed by atoms with Crippen molar-refractivity contribution in [1.82, 2.24) is 0 Å². The highest BCUT2D eigenvalue weighted by molar-refractivity contribution is 6.00. The van der Waals surface area contributed by atoms with Gasteiger partial charge in [-0.2, -0.15) is 0 Å². The summed E-state index contributed by atoms with van der Waals surface area (Å²) in [7, 11) is 0. The lowest BCUT2D eigenvalue weighted by Gasteiger charge is -2.26. The Morgan fingerprint density at radius 1 is 1.03 bits per heavy atom. The van der Waals surface area contributed by atoms with Crippen LogP contribution in [0, 0.1) is 13.8 Å². The SMILES string of the molecule is Cc1cccc(C)c1OCC(=O)Nc1ccc2c(c1)NC(=O)C(c1ccccc1)O2. The number of rotatable bonds is 5. The molecule has 6 nitrogen and oxygen atoms in total. The van der Waals surface area contributed by atoms with Gasteiger partial charge >= 0.3 is 0 Å². The molecule has 152 valence electrons. The molecule has 4 rings (SSSR count). The van der Waals surface area contributed by atoms with Gasteiger partial charge in [-0.05, 0) is 43.2 Å². The fraction of sp³-hybridized carbons (Fsp3) is 0.167. The molecule has 0 radical (unpaired) electrons. The smallest absolute Gasteiger partial charge is 0.270 e. The van der Waals surface area contributed by atoms with Crippen molar-refractivity contribution in [2.75, 3.05) is 17.2 Å². The van der Waals surface area contributed by atoms with Crippen LogP contribution in [0.15, 0.2) is 66.7 Å². The Morgan fingerprint density at radius 2 is 1.77 bits per heavy atom. The number of fused-ring (bicyclic) bond motifs is 1. The lowest BCUT2D eigenvalue weighted by Crippen LogP contribution is -2.30. The molecule has 0 spiro atoms. The monoisotopic (exact) mass is 402 g/mol. The van der Waals surface area contributed by atoms with Crippen LogP contribution >= 0.6 is 0 Å². The highest BCUT2D eigenvalue weighted by Gasteiger charge is 2.29. The van der Waals surface area contributed by atoms with E-state index in [4.69, 9.17) is 9.47 Å². The van der Waals surface area contributed by atoms with Crippen LogP contribution in [0.25, 0.3) is 0 Å². The molecule has 1 unspecified atom stereocenters. The van der Waals surface area contributed by atoms with E-state index in [2.05, 4.69) is 10.6 Å². The lowest BCUT2D eigenvalue weighted by atomic mass is 10.1. The first-order valence-corrected chi connectivity index (χ1v) is 9.66. The average molecular weight is 402 g/mol. The number of nitrogens with one attached hydrogen (secondary N) is 2. The molecule has 3 aromatic carbocycles. The zero-order valence-corrected chi connectivity index (χ0v) is 16.8. The fourth-order valence-electron chi connectivity index (χ4n) is 3.40. The van der Waals surface area contributed by atoms with Gasteiger partial charge in [0, 0.05) is 11.3 Å². The molecular formula is C24H22N2O4. The van der Waals surface area contributed by atoms with Crippen LogP contribution in [0.5, 0.6) is 11.5 Å². The van der Waals surface area contributed by atoms with Crippen LogP contribution in [0.3, 0.4) is 0 Å². The topological polar surface area (TPSA) is 76.7 Å². The van der Waals surface area contributed by atoms with Gasteiger partial charge < -0.3 is 20.1 Å². The molecule has 1 aliphatic rings. The summed E-state index contributed by atoms with van der Waals surface area (Å²) in [5.74, 6) is 0.720. The Bertz CT molecular complexity index is 1080. The van der Waals surface area contributed by atoms with E-state index in [1.54, 1.807) is 18.2 Å². The van der Waals surface area contributed by atoms with Crippen LogP contribution in [-0.2, 0) is 9.59 Å². The number of para-hydroxylation sites is 1. The quantitative estimate of drug-likeness (QED) is 0.664. The largest absolute Gasteiger partial charge is 0.483 e. The van der Waals surface area contributed by atoms with Crippen molar-refractivity contribution >= 4 is 23.2 Å². The highest BCUT2D eigenvalue weighted by Crippen LogP contribution is 2.36. The summed E-state index contributed by atoms with van der Waals surface area (Å²) in [5, 5.41) is 5.64. The summed E-state index contributed by atoms with van der Waals surface area (Å²) < 4.78 is 11.6. The maximum atomic E-state index is 12.5. The molecule has 2 amide bonds. The van der Waals surface area contributed by atoms with E-state index in [0.29, 0.717) is 22.9 Å². The Morgan fingerprint density at radius 3 is 2.50 bits per heavy atom. The maximum absolute atomic E-state index is 12.5. The molecular weight excluding hydrogens is 380 g/mol. The minimum absolute atomic E-state index is 0.109. The molecule has 0 fully saturated rings. The van der Waals surface area contributed by atoms with Crippen molar-refractivity contribution in [2.24, 2.45) is 0 Å². The van der Waals surface area contributed by atoms with E-state index in [9.17, 15) is 9.59 Å². The number of carbonyl (C=O) groups excluding carboxylic acids is 2. The van der Waals surface area contributed by atoms with Crippen LogP contribution in [0.2, 0.25) is 0 Å². The number of amides is 2. The van der Waals surface area contributed by atoms with Gasteiger partial charge in [-0.25, -0.2) is 0 Å². The predicted octanol–water partition coefficient (Wildman–Crippen LogP) is 4.39. The van der Waals surface area contributed by atoms with Gasteiger partial charge in [-0.15, -0.1) is 0 Å². The standard InChI is InChI=1S/C24H22N2O4/c1-15-7-6-8-16(2)22(15)29-14-21(27)25-18-11-12-20-19(13-18)26-24(28)23(30-20)17-9-4-3-5-10-17/h3-13,23H,14H2,1-2H3,(H,25,27)(H,26,28). The third kappa shape index (κ3) is 4.12. The Kier molecular flexibility index (Phi) is 5.39. The molecule has 0 saturated heterocycles. The van der Waals surface area contributed by atoms with Crippen molar-refractivity contribution in [3.8, 4) is 11.5 Å². The predicted molar refractivity (Wildman–Crippen MR) is 115 cm³/mol. The van der Waals surface area contributed by atoms with Gasteiger partial charge in [0.25, 0.3) is 11.8 Å². The molecule has 1 aliphatic heterocycles. The van der Waals surface area contributed by atoms with Crippen molar-refractivity contribution in [3.05, 3.63) is 83.4 Å². The minimum Gasteiger partial charge on any atom is -0.483 e. The van der Waals surface area contributed by atoms with Crippen LogP contribution in [0.1, 0.15) is 22.8 Å². The summed E-state index contributed by atoms with van der Waals surface area (Å²) in [4.78, 5) is 24.8. The first kappa shape index (κ1) is 19.5. The van der Waals surface area contributed by atoms with E-state index in [1.807, 2.05) is 62.4 Å². The normalized spacial score (nSPS) is 14.9. The number of hydrogen-bond acceptors (Lipinski definition) is 4. The zero-order valence-electron chi connectivity index (χ0n) is 16.8. The Hall–Kier alpha value is -3.80. The maximum Gasteiger partial charge on any atom is 0.270 e. The molecule has 6 heteroatoms. The molecule has 0 saturated carbocycles. The number of benzene rings is 3. The second-order valence-corrected chi connectivity index (χ2v) is 7.17. The third-order valence-corrected chi connectivity index (χ3v) is 4.86. The van der Waals surface area contributed by atoms with E-state index >= 15 is 0 Å². The summed E-state index contributed by atoms with van der Waals surface area (Å²) in [6.07, 6.45) is -0.704. The lowest BCUT2D eigenvalue weighted by molar-refractivity contribution is -0.123. The minimum atomic E-state index is -0.704. The molecule has 30 heavy (non-hydrogen) atoms. The van der Waals surface area contributed by atoms with Gasteiger partial charge in [0.1, 0.15) is 11.5 Å². The zero-order chi connectivity index (χ0) is 21.1. The van der Waals surface area contributed by atoms with E-state index in [0.717, 1.165) is 16.7 Å². The third-order valence-electron chi connectivity index (χ3n) is 4.86. The second kappa shape index (κ2) is 8.29. The first-order valence-electron chi connectivity index (χ1n) is 9.66. The first-order chi connectivity index (χ1) is 14.5. The molecule has 1 heterocycles. The van der Waals surface area contributed by atoms with Gasteiger partial charge in [0.15, 0.2) is 6.61 Å². The fourth-order valence-corrected chi connectivity index (χ4v) is 3.40. The van der Waals surface area contributed by atoms with Crippen molar-refractivity contribution in [3.63, 3.8) is 0 Å². The van der Waals surface area contributed by atoms with Gasteiger partial charge in [-0.3, -0.25) is 9.59 Å². The van der Waals surface area contributed by atoms with Crippen LogP contribution in [0.4, 0.5) is 11.4 Å². The average Bonchev–Trinajstić information content (AvgIpc) is 2.73. The molecule has 3 aromatic rings.